The number of nitrogens with one attached hydrogen (secondary N) is 1. The number of hydrogen-bond donors (Lipinski definition) is 2. The van der Waals surface area contributed by atoms with Crippen molar-refractivity contribution in [2.45, 2.75) is 45.4 Å². The minimum Gasteiger partial charge on any atom is -0.481 e. The average molecular weight is 289 g/mol. The van der Waals surface area contributed by atoms with Crippen LogP contribution in [0.5, 0.6) is 0 Å². The van der Waals surface area contributed by atoms with E-state index in [0.29, 0.717) is 18.8 Å². The summed E-state index contributed by atoms with van der Waals surface area (Å²) in [6, 6.07) is 7.71. The van der Waals surface area contributed by atoms with Gasteiger partial charge >= 0.3 is 5.97 Å². The Labute approximate surface area is 125 Å². The summed E-state index contributed by atoms with van der Waals surface area (Å²) in [5.74, 6) is -1.67. The Morgan fingerprint density at radius 2 is 1.76 bits per heavy atom. The zero-order valence-corrected chi connectivity index (χ0v) is 12.6. The van der Waals surface area contributed by atoms with Crippen LogP contribution in [0.3, 0.4) is 0 Å². The first-order chi connectivity index (χ1) is 10.0. The van der Waals surface area contributed by atoms with Crippen LogP contribution < -0.4 is 5.32 Å². The van der Waals surface area contributed by atoms with E-state index in [1.807, 2.05) is 24.3 Å². The molecule has 1 aliphatic carbocycles. The van der Waals surface area contributed by atoms with Gasteiger partial charge in [-0.2, -0.15) is 0 Å². The number of carbonyl (C=O) groups excluding carboxylic acids is 1. The molecule has 0 heterocycles. The molecule has 0 unspecified atom stereocenters. The quantitative estimate of drug-likeness (QED) is 0.889. The minimum atomic E-state index is -0.855. The van der Waals surface area contributed by atoms with E-state index in [4.69, 9.17) is 0 Å². The van der Waals surface area contributed by atoms with Crippen molar-refractivity contribution in [3.8, 4) is 0 Å². The monoisotopic (exact) mass is 289 g/mol. The second kappa shape index (κ2) is 6.74. The summed E-state index contributed by atoms with van der Waals surface area (Å²) in [6.07, 6.45) is 3.07. The van der Waals surface area contributed by atoms with Crippen molar-refractivity contribution in [2.24, 2.45) is 11.8 Å². The van der Waals surface area contributed by atoms with Crippen molar-refractivity contribution in [1.82, 2.24) is 0 Å². The van der Waals surface area contributed by atoms with E-state index in [1.54, 1.807) is 0 Å². The van der Waals surface area contributed by atoms with E-state index in [2.05, 4.69) is 19.2 Å². The normalized spacial score (nSPS) is 22.0. The lowest BCUT2D eigenvalue weighted by molar-refractivity contribution is -0.147. The molecule has 1 aromatic carbocycles. The topological polar surface area (TPSA) is 66.4 Å². The molecular formula is C17H23NO3. The molecule has 1 saturated carbocycles. The molecule has 4 nitrogen and oxygen atoms in total. The van der Waals surface area contributed by atoms with E-state index in [9.17, 15) is 14.7 Å². The molecular weight excluding hydrogens is 266 g/mol. The molecule has 0 saturated heterocycles. The summed E-state index contributed by atoms with van der Waals surface area (Å²) in [5, 5.41) is 12.2. The second-order valence-corrected chi connectivity index (χ2v) is 6.07. The van der Waals surface area contributed by atoms with E-state index >= 15 is 0 Å². The summed E-state index contributed by atoms with van der Waals surface area (Å²) < 4.78 is 0. The highest BCUT2D eigenvalue weighted by Crippen LogP contribution is 2.32. The largest absolute Gasteiger partial charge is 0.481 e. The molecule has 21 heavy (non-hydrogen) atoms. The van der Waals surface area contributed by atoms with Crippen LogP contribution in [0.2, 0.25) is 0 Å². The number of amides is 1. The lowest BCUT2D eigenvalue weighted by atomic mass is 9.78. The number of benzene rings is 1. The zero-order chi connectivity index (χ0) is 15.4. The van der Waals surface area contributed by atoms with Crippen LogP contribution in [0.15, 0.2) is 24.3 Å². The number of para-hydroxylation sites is 1. The van der Waals surface area contributed by atoms with Gasteiger partial charge in [-0.1, -0.05) is 44.9 Å². The summed E-state index contributed by atoms with van der Waals surface area (Å²) in [4.78, 5) is 23.8. The fraction of sp³-hybridized carbons (Fsp3) is 0.529. The van der Waals surface area contributed by atoms with Crippen LogP contribution >= 0.6 is 0 Å². The number of hydrogen-bond acceptors (Lipinski definition) is 2. The highest BCUT2D eigenvalue weighted by molar-refractivity contribution is 5.95. The molecule has 114 valence electrons. The van der Waals surface area contributed by atoms with Gasteiger partial charge < -0.3 is 10.4 Å². The van der Waals surface area contributed by atoms with E-state index in [1.165, 1.54) is 0 Å². The molecule has 1 amide bonds. The first kappa shape index (κ1) is 15.5. The lowest BCUT2D eigenvalue weighted by Gasteiger charge is -2.28. The van der Waals surface area contributed by atoms with Crippen LogP contribution in [0.1, 0.15) is 51.0 Å². The van der Waals surface area contributed by atoms with Crippen LogP contribution in [0.25, 0.3) is 0 Å². The maximum Gasteiger partial charge on any atom is 0.307 e. The smallest absolute Gasteiger partial charge is 0.307 e. The highest BCUT2D eigenvalue weighted by atomic mass is 16.4. The first-order valence-electron chi connectivity index (χ1n) is 7.63. The van der Waals surface area contributed by atoms with Gasteiger partial charge in [0.2, 0.25) is 5.91 Å². The number of anilines is 1. The van der Waals surface area contributed by atoms with Crippen molar-refractivity contribution < 1.29 is 14.7 Å². The van der Waals surface area contributed by atoms with Crippen LogP contribution in [0, 0.1) is 11.8 Å². The van der Waals surface area contributed by atoms with Crippen molar-refractivity contribution >= 4 is 17.6 Å². The highest BCUT2D eigenvalue weighted by Gasteiger charge is 2.35. The molecule has 0 spiro atoms. The Hall–Kier alpha value is -1.84. The Balaban J connectivity index is 2.15. The SMILES string of the molecule is CC(C)c1ccccc1NC(=O)[C@@H]1CCCC[C@H]1C(=O)O. The third-order valence-corrected chi connectivity index (χ3v) is 4.26. The van der Waals surface area contributed by atoms with Crippen molar-refractivity contribution in [3.63, 3.8) is 0 Å². The van der Waals surface area contributed by atoms with Gasteiger partial charge in [-0.3, -0.25) is 9.59 Å². The predicted octanol–water partition coefficient (Wildman–Crippen LogP) is 3.64. The maximum absolute atomic E-state index is 12.5. The number of carbonyl (C=O) groups is 2. The van der Waals surface area contributed by atoms with Crippen molar-refractivity contribution in [3.05, 3.63) is 29.8 Å². The second-order valence-electron chi connectivity index (χ2n) is 6.07. The van der Waals surface area contributed by atoms with Gasteiger partial charge in [-0.15, -0.1) is 0 Å². The fourth-order valence-corrected chi connectivity index (χ4v) is 3.08. The Kier molecular flexibility index (Phi) is 4.99. The van der Waals surface area contributed by atoms with Gasteiger partial charge in [-0.05, 0) is 30.4 Å². The number of rotatable bonds is 4. The fourth-order valence-electron chi connectivity index (χ4n) is 3.08. The minimum absolute atomic E-state index is 0.157. The van der Waals surface area contributed by atoms with Crippen molar-refractivity contribution in [2.75, 3.05) is 5.32 Å². The molecule has 2 atom stereocenters. The van der Waals surface area contributed by atoms with Gasteiger partial charge in [-0.25, -0.2) is 0 Å². The number of carboxylic acid groups (broad SMARTS) is 1. The van der Waals surface area contributed by atoms with Crippen LogP contribution in [-0.4, -0.2) is 17.0 Å². The average Bonchev–Trinajstić information content (AvgIpc) is 2.47. The molecule has 4 heteroatoms. The predicted molar refractivity (Wildman–Crippen MR) is 82.2 cm³/mol. The van der Waals surface area contributed by atoms with E-state index in [-0.39, 0.29) is 5.91 Å². The first-order valence-corrected chi connectivity index (χ1v) is 7.63. The van der Waals surface area contributed by atoms with Gasteiger partial charge in [0.25, 0.3) is 0 Å². The van der Waals surface area contributed by atoms with Crippen LogP contribution in [0.4, 0.5) is 5.69 Å². The number of aliphatic carboxylic acids is 1. The Morgan fingerprint density at radius 3 is 2.38 bits per heavy atom. The molecule has 1 aromatic rings. The van der Waals surface area contributed by atoms with Crippen molar-refractivity contribution in [1.29, 1.82) is 0 Å². The van der Waals surface area contributed by atoms with Gasteiger partial charge in [0, 0.05) is 5.69 Å². The van der Waals surface area contributed by atoms with Gasteiger partial charge in [0.15, 0.2) is 0 Å². The van der Waals surface area contributed by atoms with E-state index in [0.717, 1.165) is 24.1 Å². The zero-order valence-electron chi connectivity index (χ0n) is 12.6. The molecule has 2 rings (SSSR count). The molecule has 2 N–H and O–H groups in total. The third kappa shape index (κ3) is 3.63. The summed E-state index contributed by atoms with van der Waals surface area (Å²) in [6.45, 7) is 4.15. The molecule has 0 bridgehead atoms. The molecule has 0 aliphatic heterocycles. The summed E-state index contributed by atoms with van der Waals surface area (Å²) in [7, 11) is 0. The standard InChI is InChI=1S/C17H23NO3/c1-11(2)12-7-5-6-10-15(12)18-16(19)13-8-3-4-9-14(13)17(20)21/h5-7,10-11,13-14H,3-4,8-9H2,1-2H3,(H,18,19)(H,20,21)/t13-,14-/m1/s1. The molecule has 0 radical (unpaired) electrons. The van der Waals surface area contributed by atoms with Gasteiger partial charge in [0.1, 0.15) is 0 Å². The lowest BCUT2D eigenvalue weighted by Crippen LogP contribution is -2.36. The Morgan fingerprint density at radius 1 is 1.14 bits per heavy atom. The number of carboxylic acids is 1. The molecule has 1 fully saturated rings. The summed E-state index contributed by atoms with van der Waals surface area (Å²) in [5.41, 5.74) is 1.88. The maximum atomic E-state index is 12.5. The van der Waals surface area contributed by atoms with Crippen LogP contribution in [-0.2, 0) is 9.59 Å². The third-order valence-electron chi connectivity index (χ3n) is 4.26. The van der Waals surface area contributed by atoms with E-state index < -0.39 is 17.8 Å². The van der Waals surface area contributed by atoms with Gasteiger partial charge in [0.05, 0.1) is 11.8 Å². The Bertz CT molecular complexity index is 525. The molecule has 1 aliphatic rings. The molecule has 0 aromatic heterocycles. The summed E-state index contributed by atoms with van der Waals surface area (Å²) >= 11 is 0.